The van der Waals surface area contributed by atoms with E-state index in [-0.39, 0.29) is 30.6 Å². The highest BCUT2D eigenvalue weighted by Gasteiger charge is 2.70. The van der Waals surface area contributed by atoms with Crippen molar-refractivity contribution < 1.29 is 23.9 Å². The van der Waals surface area contributed by atoms with Gasteiger partial charge in [-0.25, -0.2) is 4.90 Å². The second kappa shape index (κ2) is 6.98. The number of hydrogen-bond donors (Lipinski definition) is 2. The quantitative estimate of drug-likeness (QED) is 0.687. The molecule has 4 aliphatic rings. The minimum absolute atomic E-state index is 0.104. The van der Waals surface area contributed by atoms with E-state index in [9.17, 15) is 14.4 Å². The maximum absolute atomic E-state index is 13.8. The van der Waals surface area contributed by atoms with Crippen molar-refractivity contribution in [3.05, 3.63) is 48.0 Å². The molecule has 0 radical (unpaired) electrons. The van der Waals surface area contributed by atoms with Crippen molar-refractivity contribution in [3.63, 3.8) is 0 Å². The molecule has 4 heterocycles. The third kappa shape index (κ3) is 2.46. The van der Waals surface area contributed by atoms with E-state index in [2.05, 4.69) is 10.6 Å². The number of carbonyl (C=O) groups excluding carboxylic acids is 3. The van der Waals surface area contributed by atoms with Crippen molar-refractivity contribution >= 4 is 40.9 Å². The minimum atomic E-state index is -1.26. The van der Waals surface area contributed by atoms with Crippen LogP contribution >= 0.6 is 11.8 Å². The normalized spacial score (nSPS) is 29.6. The largest absolute Gasteiger partial charge is 0.454 e. The first kappa shape index (κ1) is 19.6. The van der Waals surface area contributed by atoms with E-state index < -0.39 is 17.4 Å². The fourth-order valence-electron chi connectivity index (χ4n) is 5.53. The number of nitrogens with zero attached hydrogens (tertiary/aromatic N) is 1. The predicted molar refractivity (Wildman–Crippen MR) is 119 cm³/mol. The highest BCUT2D eigenvalue weighted by Crippen LogP contribution is 2.54. The van der Waals surface area contributed by atoms with Gasteiger partial charge in [-0.1, -0.05) is 18.2 Å². The van der Waals surface area contributed by atoms with Crippen LogP contribution in [0.3, 0.4) is 0 Å². The summed E-state index contributed by atoms with van der Waals surface area (Å²) < 4.78 is 10.8. The molecule has 4 aliphatic heterocycles. The van der Waals surface area contributed by atoms with Gasteiger partial charge in [-0.15, -0.1) is 0 Å². The Balaban J connectivity index is 1.47. The first-order chi connectivity index (χ1) is 15.6. The SMILES string of the molecule is CSCC[C@@H]1N[C@]2(C(=O)Nc3ccccc32)[C@@H]2C(=O)N(c3ccc4c(c3)OCO4)C(=O)[C@H]12. The standard InChI is InChI=1S/C23H21N3O5S/c1-32-9-8-15-18-19(23(25-15)13-4-2-3-5-14(13)24-22(23)29)21(28)26(20(18)27)12-6-7-16-17(10-12)31-11-30-16/h2-7,10,15,18-19,25H,8-9,11H2,1H3,(H,24,29)/t15-,18+,19-,23-/m0/s1. The number of thioether (sulfide) groups is 1. The maximum atomic E-state index is 13.8. The van der Waals surface area contributed by atoms with Crippen molar-refractivity contribution in [2.45, 2.75) is 18.0 Å². The molecule has 0 saturated carbocycles. The zero-order chi connectivity index (χ0) is 22.0. The van der Waals surface area contributed by atoms with Crippen LogP contribution in [0, 0.1) is 11.8 Å². The number of amides is 3. The Morgan fingerprint density at radius 3 is 2.75 bits per heavy atom. The molecule has 3 amide bonds. The lowest BCUT2D eigenvalue weighted by Crippen LogP contribution is -2.53. The van der Waals surface area contributed by atoms with Crippen LogP contribution in [-0.4, -0.2) is 42.6 Å². The number of imide groups is 1. The Hall–Kier alpha value is -3.04. The molecule has 2 N–H and O–H groups in total. The lowest BCUT2D eigenvalue weighted by molar-refractivity contribution is -0.130. The molecule has 164 valence electrons. The summed E-state index contributed by atoms with van der Waals surface area (Å²) in [4.78, 5) is 42.1. The number of anilines is 2. The fourth-order valence-corrected chi connectivity index (χ4v) is 6.02. The van der Waals surface area contributed by atoms with Crippen LogP contribution in [0.5, 0.6) is 11.5 Å². The van der Waals surface area contributed by atoms with Gasteiger partial charge in [-0.2, -0.15) is 11.8 Å². The van der Waals surface area contributed by atoms with Gasteiger partial charge in [0.25, 0.3) is 0 Å². The van der Waals surface area contributed by atoms with E-state index in [1.54, 1.807) is 30.0 Å². The Morgan fingerprint density at radius 2 is 1.91 bits per heavy atom. The van der Waals surface area contributed by atoms with Crippen molar-refractivity contribution in [1.29, 1.82) is 0 Å². The minimum Gasteiger partial charge on any atom is -0.454 e. The average molecular weight is 452 g/mol. The second-order valence-corrected chi connectivity index (χ2v) is 9.38. The van der Waals surface area contributed by atoms with Crippen LogP contribution in [0.4, 0.5) is 11.4 Å². The summed E-state index contributed by atoms with van der Waals surface area (Å²) in [5.74, 6) is -0.506. The van der Waals surface area contributed by atoms with E-state index in [0.29, 0.717) is 29.3 Å². The molecule has 32 heavy (non-hydrogen) atoms. The first-order valence-electron chi connectivity index (χ1n) is 10.5. The van der Waals surface area contributed by atoms with Gasteiger partial charge in [0.15, 0.2) is 11.5 Å². The van der Waals surface area contributed by atoms with Gasteiger partial charge in [0.1, 0.15) is 5.54 Å². The number of carbonyl (C=O) groups is 3. The van der Waals surface area contributed by atoms with Gasteiger partial charge in [0.2, 0.25) is 24.5 Å². The number of ether oxygens (including phenoxy) is 2. The molecule has 8 nitrogen and oxygen atoms in total. The molecule has 4 atom stereocenters. The van der Waals surface area contributed by atoms with Crippen LogP contribution in [0.2, 0.25) is 0 Å². The number of rotatable bonds is 4. The highest BCUT2D eigenvalue weighted by atomic mass is 32.2. The summed E-state index contributed by atoms with van der Waals surface area (Å²) >= 11 is 1.67. The number of hydrogen-bond acceptors (Lipinski definition) is 7. The third-order valence-electron chi connectivity index (χ3n) is 6.87. The van der Waals surface area contributed by atoms with Crippen LogP contribution in [0.25, 0.3) is 0 Å². The van der Waals surface area contributed by atoms with E-state index in [0.717, 1.165) is 11.3 Å². The fraction of sp³-hybridized carbons (Fsp3) is 0.348. The maximum Gasteiger partial charge on any atom is 0.250 e. The molecular formula is C23H21N3O5S. The van der Waals surface area contributed by atoms with Gasteiger partial charge in [-0.05, 0) is 36.6 Å². The van der Waals surface area contributed by atoms with Gasteiger partial charge in [-0.3, -0.25) is 19.7 Å². The predicted octanol–water partition coefficient (Wildman–Crippen LogP) is 2.09. The van der Waals surface area contributed by atoms with Gasteiger partial charge in [0, 0.05) is 23.4 Å². The number of fused-ring (bicyclic) bond motifs is 5. The van der Waals surface area contributed by atoms with Gasteiger partial charge >= 0.3 is 0 Å². The van der Waals surface area contributed by atoms with Crippen LogP contribution in [0.1, 0.15) is 12.0 Å². The topological polar surface area (TPSA) is 97.0 Å². The molecule has 0 unspecified atom stereocenters. The van der Waals surface area contributed by atoms with Crippen LogP contribution < -0.4 is 25.0 Å². The molecule has 2 aromatic carbocycles. The smallest absolute Gasteiger partial charge is 0.250 e. The Kier molecular flexibility index (Phi) is 4.28. The summed E-state index contributed by atoms with van der Waals surface area (Å²) in [6, 6.07) is 12.1. The molecule has 9 heteroatoms. The van der Waals surface area contributed by atoms with Crippen molar-refractivity contribution in [1.82, 2.24) is 5.32 Å². The summed E-state index contributed by atoms with van der Waals surface area (Å²) in [7, 11) is 0. The number of nitrogens with one attached hydrogen (secondary N) is 2. The zero-order valence-electron chi connectivity index (χ0n) is 17.3. The molecule has 6 rings (SSSR count). The Labute approximate surface area is 188 Å². The van der Waals surface area contributed by atoms with E-state index in [4.69, 9.17) is 9.47 Å². The van der Waals surface area contributed by atoms with E-state index >= 15 is 0 Å². The molecule has 2 aromatic rings. The number of benzene rings is 2. The monoisotopic (exact) mass is 451 g/mol. The summed E-state index contributed by atoms with van der Waals surface area (Å²) in [6.45, 7) is 0.104. The van der Waals surface area contributed by atoms with Crippen molar-refractivity contribution in [2.75, 3.05) is 29.0 Å². The second-order valence-electron chi connectivity index (χ2n) is 8.39. The van der Waals surface area contributed by atoms with Gasteiger partial charge in [0.05, 0.1) is 17.5 Å². The molecule has 0 aliphatic carbocycles. The average Bonchev–Trinajstić information content (AvgIpc) is 3.52. The summed E-state index contributed by atoms with van der Waals surface area (Å²) in [5, 5.41) is 6.36. The first-order valence-corrected chi connectivity index (χ1v) is 11.9. The summed E-state index contributed by atoms with van der Waals surface area (Å²) in [5.41, 5.74) is 0.572. The number of para-hydroxylation sites is 1. The van der Waals surface area contributed by atoms with Crippen molar-refractivity contribution in [3.8, 4) is 11.5 Å². The Morgan fingerprint density at radius 1 is 1.09 bits per heavy atom. The van der Waals surface area contributed by atoms with Crippen molar-refractivity contribution in [2.24, 2.45) is 11.8 Å². The summed E-state index contributed by atoms with van der Waals surface area (Å²) in [6.07, 6.45) is 2.67. The molecular weight excluding hydrogens is 430 g/mol. The van der Waals surface area contributed by atoms with E-state index in [1.165, 1.54) is 4.90 Å². The highest BCUT2D eigenvalue weighted by molar-refractivity contribution is 7.98. The van der Waals surface area contributed by atoms with E-state index in [1.807, 2.05) is 30.5 Å². The molecule has 2 saturated heterocycles. The zero-order valence-corrected chi connectivity index (χ0v) is 18.1. The molecule has 0 bridgehead atoms. The van der Waals surface area contributed by atoms with Crippen LogP contribution in [-0.2, 0) is 19.9 Å². The third-order valence-corrected chi connectivity index (χ3v) is 7.51. The molecule has 0 aromatic heterocycles. The molecule has 2 fully saturated rings. The molecule has 1 spiro atoms. The lowest BCUT2D eigenvalue weighted by Gasteiger charge is -2.29. The van der Waals surface area contributed by atoms with Crippen LogP contribution in [0.15, 0.2) is 42.5 Å². The Bertz CT molecular complexity index is 1170. The lowest BCUT2D eigenvalue weighted by atomic mass is 9.76. The van der Waals surface area contributed by atoms with Gasteiger partial charge < -0.3 is 14.8 Å².